The lowest BCUT2D eigenvalue weighted by molar-refractivity contribution is -0.138. The number of benzene rings is 2. The van der Waals surface area contributed by atoms with Crippen molar-refractivity contribution < 1.29 is 14.0 Å². The molecular formula is C26H31FN2O2. The van der Waals surface area contributed by atoms with Crippen molar-refractivity contribution >= 4 is 11.8 Å². The molecule has 31 heavy (non-hydrogen) atoms. The van der Waals surface area contributed by atoms with Crippen LogP contribution in [0.4, 0.5) is 4.39 Å². The Hall–Kier alpha value is -2.69. The molecule has 0 unspecified atom stereocenters. The molecule has 2 amide bonds. The Labute approximate surface area is 183 Å². The number of hydrogen-bond donors (Lipinski definition) is 1. The Morgan fingerprint density at radius 2 is 1.77 bits per heavy atom. The van der Waals surface area contributed by atoms with E-state index in [1.54, 1.807) is 12.1 Å². The molecule has 1 heterocycles. The molecule has 4 nitrogen and oxygen atoms in total. The Bertz CT molecular complexity index is 969. The van der Waals surface area contributed by atoms with Gasteiger partial charge in [0.2, 0.25) is 11.8 Å². The average Bonchev–Trinajstić information content (AvgIpc) is 3.13. The fourth-order valence-electron chi connectivity index (χ4n) is 4.78. The van der Waals surface area contributed by atoms with E-state index in [1.807, 2.05) is 49.1 Å². The number of likely N-dealkylation sites (tertiary alicyclic amines) is 1. The van der Waals surface area contributed by atoms with Crippen molar-refractivity contribution in [2.45, 2.75) is 52.0 Å². The first-order valence-corrected chi connectivity index (χ1v) is 11.3. The Morgan fingerprint density at radius 3 is 2.42 bits per heavy atom. The minimum Gasteiger partial charge on any atom is -0.353 e. The highest BCUT2D eigenvalue weighted by Crippen LogP contribution is 2.40. The molecule has 0 radical (unpaired) electrons. The minimum atomic E-state index is -0.703. The highest BCUT2D eigenvalue weighted by Gasteiger charge is 2.47. The number of nitrogens with zero attached hydrogens (tertiary/aromatic N) is 1. The minimum absolute atomic E-state index is 0.0163. The number of carbonyl (C=O) groups excluding carboxylic acids is 2. The van der Waals surface area contributed by atoms with Crippen LogP contribution in [0.5, 0.6) is 0 Å². The van der Waals surface area contributed by atoms with Gasteiger partial charge in [-0.1, -0.05) is 48.9 Å². The van der Waals surface area contributed by atoms with Gasteiger partial charge in [-0.25, -0.2) is 4.39 Å². The monoisotopic (exact) mass is 422 g/mol. The lowest BCUT2D eigenvalue weighted by Crippen LogP contribution is -2.48. The van der Waals surface area contributed by atoms with Gasteiger partial charge in [0.1, 0.15) is 5.82 Å². The molecule has 1 atom stereocenters. The van der Waals surface area contributed by atoms with Gasteiger partial charge in [-0.15, -0.1) is 0 Å². The topological polar surface area (TPSA) is 49.4 Å². The molecule has 2 aromatic carbocycles. The largest absolute Gasteiger partial charge is 0.353 e. The van der Waals surface area contributed by atoms with Crippen LogP contribution < -0.4 is 5.32 Å². The van der Waals surface area contributed by atoms with Gasteiger partial charge in [0.05, 0.1) is 5.41 Å². The van der Waals surface area contributed by atoms with Crippen LogP contribution in [0.15, 0.2) is 48.5 Å². The van der Waals surface area contributed by atoms with Gasteiger partial charge in [-0.3, -0.25) is 9.59 Å². The van der Waals surface area contributed by atoms with Crippen molar-refractivity contribution in [3.8, 4) is 11.1 Å². The summed E-state index contributed by atoms with van der Waals surface area (Å²) >= 11 is 0. The third-order valence-corrected chi connectivity index (χ3v) is 6.73. The predicted octanol–water partition coefficient (Wildman–Crippen LogP) is 4.58. The van der Waals surface area contributed by atoms with Crippen molar-refractivity contribution in [1.29, 1.82) is 0 Å². The molecule has 2 aliphatic rings. The number of carbonyl (C=O) groups is 2. The van der Waals surface area contributed by atoms with Crippen molar-refractivity contribution in [1.82, 2.24) is 10.2 Å². The van der Waals surface area contributed by atoms with Crippen molar-refractivity contribution in [2.24, 2.45) is 11.3 Å². The Balaban J connectivity index is 1.66. The van der Waals surface area contributed by atoms with Crippen LogP contribution in [0.1, 0.15) is 45.1 Å². The van der Waals surface area contributed by atoms with Crippen molar-refractivity contribution in [3.63, 3.8) is 0 Å². The lowest BCUT2D eigenvalue weighted by atomic mass is 9.77. The molecule has 1 saturated carbocycles. The summed E-state index contributed by atoms with van der Waals surface area (Å²) in [6, 6.07) is 14.5. The van der Waals surface area contributed by atoms with Crippen LogP contribution in [-0.2, 0) is 16.0 Å². The molecule has 0 bridgehead atoms. The smallest absolute Gasteiger partial charge is 0.228 e. The van der Waals surface area contributed by atoms with Crippen LogP contribution in [0.2, 0.25) is 0 Å². The van der Waals surface area contributed by atoms with Crippen LogP contribution in [0.3, 0.4) is 0 Å². The Morgan fingerprint density at radius 1 is 1.10 bits per heavy atom. The molecule has 4 rings (SSSR count). The highest BCUT2D eigenvalue weighted by atomic mass is 19.1. The van der Waals surface area contributed by atoms with E-state index in [9.17, 15) is 14.0 Å². The van der Waals surface area contributed by atoms with Gasteiger partial charge in [0, 0.05) is 30.6 Å². The van der Waals surface area contributed by atoms with Crippen LogP contribution in [-0.4, -0.2) is 35.8 Å². The first-order valence-electron chi connectivity index (χ1n) is 11.3. The van der Waals surface area contributed by atoms with Gasteiger partial charge in [0.15, 0.2) is 0 Å². The number of amides is 2. The first kappa shape index (κ1) is 21.5. The van der Waals surface area contributed by atoms with Gasteiger partial charge >= 0.3 is 0 Å². The van der Waals surface area contributed by atoms with Gasteiger partial charge in [-0.2, -0.15) is 0 Å². The second kappa shape index (κ2) is 8.81. The van der Waals surface area contributed by atoms with E-state index in [0.717, 1.165) is 30.4 Å². The van der Waals surface area contributed by atoms with E-state index < -0.39 is 5.41 Å². The summed E-state index contributed by atoms with van der Waals surface area (Å²) in [5.74, 6) is 0.0149. The first-order chi connectivity index (χ1) is 14.9. The maximum absolute atomic E-state index is 14.6. The molecule has 2 aromatic rings. The maximum atomic E-state index is 14.6. The van der Waals surface area contributed by atoms with Gasteiger partial charge < -0.3 is 10.2 Å². The number of nitrogens with one attached hydrogen (secondary N) is 1. The zero-order valence-corrected chi connectivity index (χ0v) is 18.4. The lowest BCUT2D eigenvalue weighted by Gasteiger charge is -2.32. The summed E-state index contributed by atoms with van der Waals surface area (Å²) in [5, 5.41) is 3.08. The fraction of sp³-hybridized carbons (Fsp3) is 0.462. The van der Waals surface area contributed by atoms with E-state index in [0.29, 0.717) is 31.5 Å². The molecule has 5 heteroatoms. The van der Waals surface area contributed by atoms with E-state index in [2.05, 4.69) is 5.32 Å². The molecule has 0 spiro atoms. The van der Waals surface area contributed by atoms with E-state index in [1.165, 1.54) is 6.07 Å². The summed E-state index contributed by atoms with van der Waals surface area (Å²) in [6.07, 6.45) is 4.12. The molecule has 1 saturated heterocycles. The quantitative estimate of drug-likeness (QED) is 0.741. The van der Waals surface area contributed by atoms with Gasteiger partial charge in [-0.05, 0) is 56.7 Å². The number of hydrogen-bond acceptors (Lipinski definition) is 2. The summed E-state index contributed by atoms with van der Waals surface area (Å²) in [4.78, 5) is 28.2. The normalized spacial score (nSPS) is 21.2. The molecule has 1 N–H and O–H groups in total. The zero-order chi connectivity index (χ0) is 22.0. The van der Waals surface area contributed by atoms with Gasteiger partial charge in [0.25, 0.3) is 0 Å². The second-order valence-corrected chi connectivity index (χ2v) is 9.36. The van der Waals surface area contributed by atoms with E-state index in [-0.39, 0.29) is 29.6 Å². The molecule has 164 valence electrons. The summed E-state index contributed by atoms with van der Waals surface area (Å²) in [7, 11) is 0. The standard InChI is InChI=1S/C26H31FN2O2/c1-18(2)28-25(31)26(14-15-29(17-26)24(30)19-9-7-10-19)16-20-8-3-4-11-21(20)22-12-5-6-13-23(22)27/h3-6,8,11-13,18-19H,7,9-10,14-17H2,1-2H3,(H,28,31)/t26-/m1/s1. The predicted molar refractivity (Wildman–Crippen MR) is 120 cm³/mol. The molecular weight excluding hydrogens is 391 g/mol. The summed E-state index contributed by atoms with van der Waals surface area (Å²) in [6.45, 7) is 4.92. The van der Waals surface area contributed by atoms with E-state index >= 15 is 0 Å². The zero-order valence-electron chi connectivity index (χ0n) is 18.4. The second-order valence-electron chi connectivity index (χ2n) is 9.36. The average molecular weight is 423 g/mol. The number of rotatable bonds is 6. The maximum Gasteiger partial charge on any atom is 0.228 e. The molecule has 0 aromatic heterocycles. The summed E-state index contributed by atoms with van der Waals surface area (Å²) < 4.78 is 14.6. The van der Waals surface area contributed by atoms with Crippen LogP contribution in [0.25, 0.3) is 11.1 Å². The summed E-state index contributed by atoms with van der Waals surface area (Å²) in [5.41, 5.74) is 1.58. The molecule has 1 aliphatic heterocycles. The van der Waals surface area contributed by atoms with Crippen LogP contribution >= 0.6 is 0 Å². The molecule has 2 fully saturated rings. The van der Waals surface area contributed by atoms with Crippen LogP contribution in [0, 0.1) is 17.2 Å². The Kier molecular flexibility index (Phi) is 6.12. The SMILES string of the molecule is CC(C)NC(=O)[C@@]1(Cc2ccccc2-c2ccccc2F)CCN(C(=O)C2CCC2)C1. The highest BCUT2D eigenvalue weighted by molar-refractivity contribution is 5.87. The third kappa shape index (κ3) is 4.36. The van der Waals surface area contributed by atoms with Crippen molar-refractivity contribution in [2.75, 3.05) is 13.1 Å². The number of halogens is 1. The van der Waals surface area contributed by atoms with Crippen molar-refractivity contribution in [3.05, 3.63) is 59.9 Å². The van der Waals surface area contributed by atoms with E-state index in [4.69, 9.17) is 0 Å². The fourth-order valence-corrected chi connectivity index (χ4v) is 4.78. The third-order valence-electron chi connectivity index (χ3n) is 6.73. The molecule has 1 aliphatic carbocycles.